The summed E-state index contributed by atoms with van der Waals surface area (Å²) in [6, 6.07) is 0. The molecule has 0 aliphatic carbocycles. The second-order valence-electron chi connectivity index (χ2n) is 2.49. The average molecular weight is 184 g/mol. The Morgan fingerprint density at radius 2 is 2.75 bits per heavy atom. The van der Waals surface area contributed by atoms with Crippen molar-refractivity contribution in [1.29, 1.82) is 0 Å². The SMILES string of the molecule is COC(=O)C1=CN2C=NCC2S1. The summed E-state index contributed by atoms with van der Waals surface area (Å²) in [6.45, 7) is 0.752. The smallest absolute Gasteiger partial charge is 0.345 e. The molecule has 64 valence electrons. The Labute approximate surface area is 74.3 Å². The first-order valence-electron chi connectivity index (χ1n) is 3.55. The number of carbonyl (C=O) groups excluding carboxylic acids is 1. The van der Waals surface area contributed by atoms with Gasteiger partial charge in [0.1, 0.15) is 10.3 Å². The minimum atomic E-state index is -0.261. The van der Waals surface area contributed by atoms with Crippen LogP contribution in [0.5, 0.6) is 0 Å². The van der Waals surface area contributed by atoms with E-state index < -0.39 is 0 Å². The first-order valence-corrected chi connectivity index (χ1v) is 4.43. The van der Waals surface area contributed by atoms with Crippen LogP contribution in [0.25, 0.3) is 0 Å². The standard InChI is InChI=1S/C7H8N2O2S/c1-11-7(10)5-3-9-4-8-2-6(9)12-5/h3-4,6H,2H2,1H3. The molecule has 1 atom stereocenters. The van der Waals surface area contributed by atoms with Crippen LogP contribution in [-0.2, 0) is 9.53 Å². The van der Waals surface area contributed by atoms with Gasteiger partial charge in [-0.2, -0.15) is 0 Å². The lowest BCUT2D eigenvalue weighted by Gasteiger charge is -2.09. The molecule has 0 amide bonds. The molecular weight excluding hydrogens is 176 g/mol. The Kier molecular flexibility index (Phi) is 1.80. The lowest BCUT2D eigenvalue weighted by Crippen LogP contribution is -2.18. The summed E-state index contributed by atoms with van der Waals surface area (Å²) in [5.74, 6) is -0.261. The molecule has 0 radical (unpaired) electrons. The van der Waals surface area contributed by atoms with Gasteiger partial charge in [0.05, 0.1) is 20.0 Å². The number of carbonyl (C=O) groups is 1. The molecule has 0 spiro atoms. The summed E-state index contributed by atoms with van der Waals surface area (Å²) in [4.78, 5) is 17.7. The van der Waals surface area contributed by atoms with E-state index >= 15 is 0 Å². The molecule has 5 heteroatoms. The third kappa shape index (κ3) is 1.10. The van der Waals surface area contributed by atoms with Gasteiger partial charge in [-0.15, -0.1) is 0 Å². The molecule has 0 aromatic rings. The normalized spacial score (nSPS) is 25.6. The molecule has 0 fully saturated rings. The van der Waals surface area contributed by atoms with Crippen LogP contribution in [0.2, 0.25) is 0 Å². The molecule has 12 heavy (non-hydrogen) atoms. The van der Waals surface area contributed by atoms with Crippen molar-refractivity contribution in [1.82, 2.24) is 4.90 Å². The van der Waals surface area contributed by atoms with Gasteiger partial charge in [-0.25, -0.2) is 4.79 Å². The Morgan fingerprint density at radius 1 is 1.92 bits per heavy atom. The molecule has 2 heterocycles. The molecular formula is C7H8N2O2S. The van der Waals surface area contributed by atoms with Crippen LogP contribution in [0.3, 0.4) is 0 Å². The van der Waals surface area contributed by atoms with Crippen LogP contribution in [0.1, 0.15) is 0 Å². The van der Waals surface area contributed by atoms with Gasteiger partial charge in [0.25, 0.3) is 0 Å². The van der Waals surface area contributed by atoms with E-state index in [1.54, 1.807) is 12.5 Å². The van der Waals surface area contributed by atoms with E-state index in [0.29, 0.717) is 4.91 Å². The second-order valence-corrected chi connectivity index (χ2v) is 3.70. The van der Waals surface area contributed by atoms with Crippen LogP contribution in [-0.4, -0.2) is 36.2 Å². The monoisotopic (exact) mass is 184 g/mol. The Bertz CT molecular complexity index is 275. The molecule has 0 saturated carbocycles. The lowest BCUT2D eigenvalue weighted by molar-refractivity contribution is -0.135. The lowest BCUT2D eigenvalue weighted by atomic mass is 10.5. The van der Waals surface area contributed by atoms with E-state index in [4.69, 9.17) is 0 Å². The van der Waals surface area contributed by atoms with Crippen molar-refractivity contribution in [2.45, 2.75) is 5.37 Å². The number of ether oxygens (including phenoxy) is 1. The van der Waals surface area contributed by atoms with Crippen molar-refractivity contribution in [2.24, 2.45) is 4.99 Å². The number of thioether (sulfide) groups is 1. The van der Waals surface area contributed by atoms with Gasteiger partial charge < -0.3 is 9.64 Å². The molecule has 0 aromatic heterocycles. The van der Waals surface area contributed by atoms with E-state index in [-0.39, 0.29) is 11.3 Å². The first kappa shape index (κ1) is 7.67. The minimum absolute atomic E-state index is 0.261. The summed E-state index contributed by atoms with van der Waals surface area (Å²) in [6.07, 6.45) is 3.52. The highest BCUT2D eigenvalue weighted by Gasteiger charge is 2.30. The number of hydrogen-bond donors (Lipinski definition) is 0. The summed E-state index contributed by atoms with van der Waals surface area (Å²) in [7, 11) is 1.39. The zero-order valence-electron chi connectivity index (χ0n) is 6.56. The van der Waals surface area contributed by atoms with E-state index in [9.17, 15) is 4.79 Å². The fraction of sp³-hybridized carbons (Fsp3) is 0.429. The zero-order valence-corrected chi connectivity index (χ0v) is 7.37. The van der Waals surface area contributed by atoms with Crippen LogP contribution in [0.15, 0.2) is 16.1 Å². The van der Waals surface area contributed by atoms with E-state index in [0.717, 1.165) is 6.54 Å². The summed E-state index contributed by atoms with van der Waals surface area (Å²) < 4.78 is 4.60. The van der Waals surface area contributed by atoms with Crippen LogP contribution >= 0.6 is 11.8 Å². The molecule has 0 N–H and O–H groups in total. The quantitative estimate of drug-likeness (QED) is 0.554. The summed E-state index contributed by atoms with van der Waals surface area (Å²) >= 11 is 1.50. The number of nitrogens with zero attached hydrogens (tertiary/aromatic N) is 2. The zero-order chi connectivity index (χ0) is 8.55. The van der Waals surface area contributed by atoms with Gasteiger partial charge in [-0.3, -0.25) is 4.99 Å². The molecule has 4 nitrogen and oxygen atoms in total. The van der Waals surface area contributed by atoms with Gasteiger partial charge in [0, 0.05) is 6.20 Å². The van der Waals surface area contributed by atoms with Gasteiger partial charge in [-0.05, 0) is 0 Å². The second kappa shape index (κ2) is 2.82. The van der Waals surface area contributed by atoms with E-state index in [2.05, 4.69) is 9.73 Å². The highest BCUT2D eigenvalue weighted by Crippen LogP contribution is 2.34. The molecule has 2 aliphatic heterocycles. The number of hydrogen-bond acceptors (Lipinski definition) is 5. The van der Waals surface area contributed by atoms with Crippen molar-refractivity contribution < 1.29 is 9.53 Å². The van der Waals surface area contributed by atoms with Gasteiger partial charge in [-0.1, -0.05) is 11.8 Å². The predicted octanol–water partition coefficient (Wildman–Crippen LogP) is 0.418. The van der Waals surface area contributed by atoms with E-state index in [1.165, 1.54) is 18.9 Å². The number of fused-ring (bicyclic) bond motifs is 1. The Hall–Kier alpha value is -0.970. The van der Waals surface area contributed by atoms with Crippen molar-refractivity contribution in [3.05, 3.63) is 11.1 Å². The fourth-order valence-corrected chi connectivity index (χ4v) is 2.18. The fourth-order valence-electron chi connectivity index (χ4n) is 1.13. The van der Waals surface area contributed by atoms with Crippen molar-refractivity contribution in [3.63, 3.8) is 0 Å². The third-order valence-electron chi connectivity index (χ3n) is 1.73. The average Bonchev–Trinajstić information content (AvgIpc) is 2.60. The number of rotatable bonds is 1. The van der Waals surface area contributed by atoms with Crippen molar-refractivity contribution in [3.8, 4) is 0 Å². The van der Waals surface area contributed by atoms with Crippen LogP contribution in [0, 0.1) is 0 Å². The van der Waals surface area contributed by atoms with Gasteiger partial charge >= 0.3 is 5.97 Å². The van der Waals surface area contributed by atoms with Gasteiger partial charge in [0.15, 0.2) is 0 Å². The van der Waals surface area contributed by atoms with Crippen molar-refractivity contribution >= 4 is 24.1 Å². The Morgan fingerprint density at radius 3 is 3.42 bits per heavy atom. The Balaban J connectivity index is 2.12. The largest absolute Gasteiger partial charge is 0.465 e. The molecule has 2 aliphatic rings. The van der Waals surface area contributed by atoms with Crippen molar-refractivity contribution in [2.75, 3.05) is 13.7 Å². The van der Waals surface area contributed by atoms with Gasteiger partial charge in [0.2, 0.25) is 0 Å². The molecule has 0 saturated heterocycles. The summed E-state index contributed by atoms with van der Waals surface area (Å²) in [5.41, 5.74) is 0. The predicted molar refractivity (Wildman–Crippen MR) is 46.7 cm³/mol. The number of esters is 1. The topological polar surface area (TPSA) is 41.9 Å². The molecule has 2 rings (SSSR count). The molecule has 1 unspecified atom stereocenters. The first-order chi connectivity index (χ1) is 5.81. The molecule has 0 aromatic carbocycles. The van der Waals surface area contributed by atoms with E-state index in [1.807, 2.05) is 4.90 Å². The van der Waals surface area contributed by atoms with Crippen LogP contribution < -0.4 is 0 Å². The minimum Gasteiger partial charge on any atom is -0.465 e. The number of aliphatic imine (C=N–C) groups is 1. The highest BCUT2D eigenvalue weighted by molar-refractivity contribution is 8.04. The third-order valence-corrected chi connectivity index (χ3v) is 2.92. The maximum atomic E-state index is 11.1. The summed E-state index contributed by atoms with van der Waals surface area (Å²) in [5, 5.41) is 0.277. The maximum Gasteiger partial charge on any atom is 0.345 e. The maximum absolute atomic E-state index is 11.1. The molecule has 0 bridgehead atoms. The van der Waals surface area contributed by atoms with Crippen LogP contribution in [0.4, 0.5) is 0 Å². The highest BCUT2D eigenvalue weighted by atomic mass is 32.2. The number of methoxy groups -OCH3 is 1.